The van der Waals surface area contributed by atoms with Crippen LogP contribution in [0.15, 0.2) is 0 Å². The number of esters is 1. The SMILES string of the molecule is CC[C@H](C)[C@@H]1NC(=O)[C@@H]2CCCN2C(=O)[C@@H](CC(C)(C)O)OC(=O)CCNC(=O)[C@H](C)N(C)C(=O)[C@H](C(C)C)N(C)C1=O. The van der Waals surface area contributed by atoms with Crippen molar-refractivity contribution in [1.29, 1.82) is 0 Å². The largest absolute Gasteiger partial charge is 0.452 e. The van der Waals surface area contributed by atoms with Gasteiger partial charge in [0.1, 0.15) is 24.2 Å². The monoisotopic (exact) mass is 609 g/mol. The first-order valence-corrected chi connectivity index (χ1v) is 15.2. The minimum Gasteiger partial charge on any atom is -0.452 e. The molecule has 43 heavy (non-hydrogen) atoms. The van der Waals surface area contributed by atoms with Gasteiger partial charge in [-0.25, -0.2) is 0 Å². The highest BCUT2D eigenvalue weighted by atomic mass is 16.5. The van der Waals surface area contributed by atoms with E-state index in [0.717, 1.165) is 0 Å². The Hall–Kier alpha value is -3.22. The molecule has 2 heterocycles. The molecule has 2 aliphatic heterocycles. The van der Waals surface area contributed by atoms with E-state index in [9.17, 15) is 33.9 Å². The molecule has 0 aliphatic carbocycles. The van der Waals surface area contributed by atoms with Gasteiger partial charge in [-0.3, -0.25) is 28.8 Å². The maximum Gasteiger partial charge on any atom is 0.308 e. The van der Waals surface area contributed by atoms with Crippen LogP contribution < -0.4 is 10.6 Å². The van der Waals surface area contributed by atoms with Gasteiger partial charge < -0.3 is 35.2 Å². The van der Waals surface area contributed by atoms with E-state index in [4.69, 9.17) is 4.74 Å². The number of hydrogen-bond donors (Lipinski definition) is 3. The zero-order chi connectivity index (χ0) is 32.8. The van der Waals surface area contributed by atoms with Crippen LogP contribution in [0.4, 0.5) is 0 Å². The highest BCUT2D eigenvalue weighted by Gasteiger charge is 2.43. The summed E-state index contributed by atoms with van der Waals surface area (Å²) in [6.45, 7) is 12.0. The van der Waals surface area contributed by atoms with Crippen LogP contribution in [0.25, 0.3) is 0 Å². The van der Waals surface area contributed by atoms with Gasteiger partial charge in [0, 0.05) is 33.6 Å². The standard InChI is InChI=1S/C30H51N5O8/c1-10-18(4)23-28(40)34(9)24(17(2)3)29(41)33(8)19(5)25(37)31-14-13-22(36)43-21(16-30(6,7)42)27(39)35-15-11-12-20(35)26(38)32-23/h17-21,23-24,42H,10-16H2,1-9H3,(H,31,37)(H,32,38)/t18-,19-,20-,21+,23-,24-/m0/s1. The van der Waals surface area contributed by atoms with Crippen molar-refractivity contribution in [2.45, 2.75) is 116 Å². The molecule has 2 saturated heterocycles. The number of hydrogen-bond acceptors (Lipinski definition) is 8. The number of likely N-dealkylation sites (N-methyl/N-ethyl adjacent to an activating group) is 2. The fraction of sp³-hybridized carbons (Fsp3) is 0.800. The molecule has 2 rings (SSSR count). The Bertz CT molecular complexity index is 1060. The van der Waals surface area contributed by atoms with E-state index in [0.29, 0.717) is 19.3 Å². The fourth-order valence-electron chi connectivity index (χ4n) is 5.54. The lowest BCUT2D eigenvalue weighted by atomic mass is 9.94. The predicted molar refractivity (Wildman–Crippen MR) is 158 cm³/mol. The highest BCUT2D eigenvalue weighted by molar-refractivity contribution is 5.96. The van der Waals surface area contributed by atoms with Gasteiger partial charge in [0.2, 0.25) is 23.6 Å². The molecule has 0 bridgehead atoms. The second-order valence-corrected chi connectivity index (χ2v) is 12.9. The maximum atomic E-state index is 13.9. The average molecular weight is 610 g/mol. The molecule has 2 fully saturated rings. The number of aliphatic hydroxyl groups is 1. The van der Waals surface area contributed by atoms with E-state index in [-0.39, 0.29) is 37.8 Å². The van der Waals surface area contributed by atoms with Crippen molar-refractivity contribution in [3.8, 4) is 0 Å². The Kier molecular flexibility index (Phi) is 12.5. The number of nitrogens with zero attached hydrogens (tertiary/aromatic N) is 3. The number of rotatable bonds is 5. The van der Waals surface area contributed by atoms with Crippen LogP contribution in [0, 0.1) is 11.8 Å². The molecule has 0 spiro atoms. The number of carbonyl (C=O) groups excluding carboxylic acids is 6. The molecule has 0 aromatic carbocycles. The van der Waals surface area contributed by atoms with E-state index in [2.05, 4.69) is 10.6 Å². The maximum absolute atomic E-state index is 13.9. The Morgan fingerprint density at radius 1 is 0.977 bits per heavy atom. The van der Waals surface area contributed by atoms with Crippen molar-refractivity contribution < 1.29 is 38.6 Å². The predicted octanol–water partition coefficient (Wildman–Crippen LogP) is 0.431. The van der Waals surface area contributed by atoms with Crippen LogP contribution >= 0.6 is 0 Å². The third-order valence-corrected chi connectivity index (χ3v) is 8.44. The Morgan fingerprint density at radius 3 is 2.16 bits per heavy atom. The van der Waals surface area contributed by atoms with Gasteiger partial charge in [-0.2, -0.15) is 0 Å². The van der Waals surface area contributed by atoms with Gasteiger partial charge in [-0.05, 0) is 45.4 Å². The first-order chi connectivity index (χ1) is 19.9. The second kappa shape index (κ2) is 15.0. The first kappa shape index (κ1) is 36.0. The molecule has 13 nitrogen and oxygen atoms in total. The van der Waals surface area contributed by atoms with Gasteiger partial charge in [0.15, 0.2) is 6.10 Å². The van der Waals surface area contributed by atoms with Crippen molar-refractivity contribution in [2.75, 3.05) is 27.2 Å². The lowest BCUT2D eigenvalue weighted by Gasteiger charge is -2.38. The lowest BCUT2D eigenvalue weighted by molar-refractivity contribution is -0.164. The highest BCUT2D eigenvalue weighted by Crippen LogP contribution is 2.25. The van der Waals surface area contributed by atoms with E-state index < -0.39 is 71.4 Å². The molecule has 0 unspecified atom stereocenters. The fourth-order valence-corrected chi connectivity index (χ4v) is 5.54. The van der Waals surface area contributed by atoms with E-state index in [1.165, 1.54) is 42.6 Å². The summed E-state index contributed by atoms with van der Waals surface area (Å²) in [5.41, 5.74) is -1.36. The molecule has 244 valence electrons. The third-order valence-electron chi connectivity index (χ3n) is 8.44. The molecule has 0 saturated carbocycles. The van der Waals surface area contributed by atoms with Gasteiger partial charge in [-0.15, -0.1) is 0 Å². The van der Waals surface area contributed by atoms with Gasteiger partial charge in [-0.1, -0.05) is 34.1 Å². The van der Waals surface area contributed by atoms with Crippen LogP contribution in [-0.4, -0.2) is 118 Å². The van der Waals surface area contributed by atoms with E-state index in [1.54, 1.807) is 20.8 Å². The lowest BCUT2D eigenvalue weighted by Crippen LogP contribution is -2.61. The summed E-state index contributed by atoms with van der Waals surface area (Å²) in [7, 11) is 3.00. The van der Waals surface area contributed by atoms with Gasteiger partial charge in [0.05, 0.1) is 12.0 Å². The molecule has 0 aromatic rings. The topological polar surface area (TPSA) is 166 Å². The van der Waals surface area contributed by atoms with Crippen LogP contribution in [-0.2, 0) is 33.5 Å². The third kappa shape index (κ3) is 9.14. The summed E-state index contributed by atoms with van der Waals surface area (Å²) >= 11 is 0. The van der Waals surface area contributed by atoms with Crippen molar-refractivity contribution >= 4 is 35.5 Å². The van der Waals surface area contributed by atoms with Crippen molar-refractivity contribution in [3.05, 3.63) is 0 Å². The average Bonchev–Trinajstić information content (AvgIpc) is 3.42. The zero-order valence-electron chi connectivity index (χ0n) is 27.1. The number of cyclic esters (lactones) is 1. The van der Waals surface area contributed by atoms with E-state index in [1.807, 2.05) is 13.8 Å². The van der Waals surface area contributed by atoms with Crippen molar-refractivity contribution in [2.24, 2.45) is 11.8 Å². The molecule has 0 aromatic heterocycles. The summed E-state index contributed by atoms with van der Waals surface area (Å²) in [6.07, 6.45) is -0.383. The van der Waals surface area contributed by atoms with Gasteiger partial charge >= 0.3 is 5.97 Å². The second-order valence-electron chi connectivity index (χ2n) is 12.9. The number of ether oxygens (including phenoxy) is 1. The molecular weight excluding hydrogens is 558 g/mol. The Balaban J connectivity index is 2.56. The smallest absolute Gasteiger partial charge is 0.308 e. The van der Waals surface area contributed by atoms with Gasteiger partial charge in [0.25, 0.3) is 5.91 Å². The molecule has 0 radical (unpaired) electrons. The van der Waals surface area contributed by atoms with E-state index >= 15 is 0 Å². The van der Waals surface area contributed by atoms with Crippen molar-refractivity contribution in [3.63, 3.8) is 0 Å². The number of nitrogens with one attached hydrogen (secondary N) is 2. The Labute approximate surface area is 255 Å². The first-order valence-electron chi connectivity index (χ1n) is 15.2. The molecular formula is C30H51N5O8. The summed E-state index contributed by atoms with van der Waals surface area (Å²) in [6, 6.07) is -3.72. The molecule has 6 atom stereocenters. The summed E-state index contributed by atoms with van der Waals surface area (Å²) in [5.74, 6) is -3.91. The van der Waals surface area contributed by atoms with Crippen molar-refractivity contribution in [1.82, 2.24) is 25.3 Å². The van der Waals surface area contributed by atoms with Crippen LogP contribution in [0.2, 0.25) is 0 Å². The zero-order valence-corrected chi connectivity index (χ0v) is 27.1. The molecule has 2 aliphatic rings. The summed E-state index contributed by atoms with van der Waals surface area (Å²) in [5, 5.41) is 15.9. The number of fused-ring (bicyclic) bond motifs is 1. The quantitative estimate of drug-likeness (QED) is 0.378. The summed E-state index contributed by atoms with van der Waals surface area (Å²) < 4.78 is 5.50. The molecule has 13 heteroatoms. The van der Waals surface area contributed by atoms with Crippen LogP contribution in [0.1, 0.15) is 80.6 Å². The summed E-state index contributed by atoms with van der Waals surface area (Å²) in [4.78, 5) is 84.6. The number of carbonyl (C=O) groups is 6. The minimum atomic E-state index is -1.36. The minimum absolute atomic E-state index is 0.106. The normalized spacial score (nSPS) is 28.5. The molecule has 3 N–H and O–H groups in total. The Morgan fingerprint density at radius 2 is 1.60 bits per heavy atom. The molecule has 5 amide bonds. The van der Waals surface area contributed by atoms with Crippen LogP contribution in [0.5, 0.6) is 0 Å². The van der Waals surface area contributed by atoms with Crippen LogP contribution in [0.3, 0.4) is 0 Å². The number of amides is 5.